The van der Waals surface area contributed by atoms with E-state index in [1.165, 1.54) is 0 Å². The molecule has 0 atom stereocenters. The van der Waals surface area contributed by atoms with E-state index in [-0.39, 0.29) is 13.2 Å². The van der Waals surface area contributed by atoms with Crippen molar-refractivity contribution >= 4 is 22.6 Å². The van der Waals surface area contributed by atoms with Crippen LogP contribution in [-0.4, -0.2) is 23.8 Å². The van der Waals surface area contributed by atoms with Gasteiger partial charge in [-0.05, 0) is 31.2 Å². The highest BCUT2D eigenvalue weighted by Crippen LogP contribution is 2.23. The molecule has 0 bridgehead atoms. The van der Waals surface area contributed by atoms with Gasteiger partial charge in [-0.1, -0.05) is 0 Å². The maximum Gasteiger partial charge on any atom is 0.354 e. The number of nitrogens with zero attached hydrogens (tertiary/aromatic N) is 1. The third-order valence-corrected chi connectivity index (χ3v) is 2.72. The van der Waals surface area contributed by atoms with Crippen LogP contribution in [0.2, 0.25) is 0 Å². The zero-order valence-electron chi connectivity index (χ0n) is 10.1. The van der Waals surface area contributed by atoms with E-state index in [2.05, 4.69) is 0 Å². The van der Waals surface area contributed by atoms with Crippen LogP contribution in [0.15, 0.2) is 24.3 Å². The number of hydrogen-bond donors (Lipinski definition) is 1. The fourth-order valence-electron chi connectivity index (χ4n) is 1.99. The van der Waals surface area contributed by atoms with Crippen LogP contribution in [0.25, 0.3) is 10.9 Å². The molecule has 0 saturated carbocycles. The van der Waals surface area contributed by atoms with Crippen molar-refractivity contribution in [1.29, 1.82) is 0 Å². The number of carbonyl (C=O) groups excluding carboxylic acids is 1. The maximum atomic E-state index is 12.6. The summed E-state index contributed by atoms with van der Waals surface area (Å²) in [6.45, 7) is 1.61. The number of halogens is 1. The van der Waals surface area contributed by atoms with Crippen LogP contribution < -0.4 is 5.73 Å². The molecular formula is C13H15FN2O2. The van der Waals surface area contributed by atoms with Gasteiger partial charge in [-0.15, -0.1) is 0 Å². The number of nitrogen functional groups attached to an aromatic ring is 1. The smallest absolute Gasteiger partial charge is 0.354 e. The first-order chi connectivity index (χ1) is 8.67. The molecule has 0 spiro atoms. The molecule has 18 heavy (non-hydrogen) atoms. The number of nitrogens with two attached hydrogens (primary N) is 1. The van der Waals surface area contributed by atoms with Gasteiger partial charge in [0.15, 0.2) is 0 Å². The average Bonchev–Trinajstić information content (AvgIpc) is 2.68. The molecule has 96 valence electrons. The van der Waals surface area contributed by atoms with Gasteiger partial charge in [0.2, 0.25) is 0 Å². The van der Waals surface area contributed by atoms with Crippen LogP contribution in [-0.2, 0) is 11.3 Å². The Bertz CT molecular complexity index is 578. The van der Waals surface area contributed by atoms with E-state index >= 15 is 0 Å². The van der Waals surface area contributed by atoms with Crippen molar-refractivity contribution in [3.8, 4) is 0 Å². The number of rotatable bonds is 4. The number of carbonyl (C=O) groups is 1. The van der Waals surface area contributed by atoms with Crippen LogP contribution in [0.1, 0.15) is 17.4 Å². The summed E-state index contributed by atoms with van der Waals surface area (Å²) in [4.78, 5) is 11.8. The zero-order valence-corrected chi connectivity index (χ0v) is 10.1. The maximum absolute atomic E-state index is 12.6. The van der Waals surface area contributed by atoms with Gasteiger partial charge in [-0.25, -0.2) is 9.18 Å². The predicted octanol–water partition coefficient (Wildman–Crippen LogP) is 2.37. The molecule has 2 aromatic rings. The third-order valence-electron chi connectivity index (χ3n) is 2.72. The summed E-state index contributed by atoms with van der Waals surface area (Å²) in [7, 11) is 0. The SMILES string of the molecule is CCOC(=O)c1cc2cc(N)ccc2n1CCF. The molecule has 4 nitrogen and oxygen atoms in total. The van der Waals surface area contributed by atoms with E-state index in [1.807, 2.05) is 0 Å². The number of benzene rings is 1. The van der Waals surface area contributed by atoms with Crippen molar-refractivity contribution < 1.29 is 13.9 Å². The summed E-state index contributed by atoms with van der Waals surface area (Å²) in [5, 5.41) is 0.812. The normalized spacial score (nSPS) is 10.8. The highest BCUT2D eigenvalue weighted by molar-refractivity contribution is 5.96. The Morgan fingerprint density at radius 3 is 2.89 bits per heavy atom. The van der Waals surface area contributed by atoms with Gasteiger partial charge < -0.3 is 15.0 Å². The summed E-state index contributed by atoms with van der Waals surface area (Å²) in [6, 6.07) is 6.95. The van der Waals surface area contributed by atoms with Crippen LogP contribution in [0.3, 0.4) is 0 Å². The minimum Gasteiger partial charge on any atom is -0.461 e. The van der Waals surface area contributed by atoms with Crippen molar-refractivity contribution in [3.05, 3.63) is 30.0 Å². The molecule has 0 saturated heterocycles. The largest absolute Gasteiger partial charge is 0.461 e. The lowest BCUT2D eigenvalue weighted by Crippen LogP contribution is -2.12. The predicted molar refractivity (Wildman–Crippen MR) is 68.3 cm³/mol. The van der Waals surface area contributed by atoms with E-state index in [0.29, 0.717) is 11.4 Å². The number of hydrogen-bond acceptors (Lipinski definition) is 3. The van der Waals surface area contributed by atoms with Crippen molar-refractivity contribution in [2.75, 3.05) is 19.0 Å². The fraction of sp³-hybridized carbons (Fsp3) is 0.308. The molecule has 0 aliphatic carbocycles. The summed E-state index contributed by atoms with van der Waals surface area (Å²) < 4.78 is 19.2. The molecule has 5 heteroatoms. The Hall–Kier alpha value is -2.04. The Morgan fingerprint density at radius 2 is 2.22 bits per heavy atom. The second-order valence-corrected chi connectivity index (χ2v) is 3.91. The van der Waals surface area contributed by atoms with Gasteiger partial charge in [0.1, 0.15) is 12.4 Å². The number of aryl methyl sites for hydroxylation is 1. The summed E-state index contributed by atoms with van der Waals surface area (Å²) in [6.07, 6.45) is 0. The summed E-state index contributed by atoms with van der Waals surface area (Å²) in [5.41, 5.74) is 7.44. The number of ether oxygens (including phenoxy) is 1. The van der Waals surface area contributed by atoms with E-state index < -0.39 is 12.6 Å². The number of fused-ring (bicyclic) bond motifs is 1. The molecule has 1 heterocycles. The second-order valence-electron chi connectivity index (χ2n) is 3.91. The lowest BCUT2D eigenvalue weighted by molar-refractivity contribution is 0.0514. The van der Waals surface area contributed by atoms with E-state index in [4.69, 9.17) is 10.5 Å². The van der Waals surface area contributed by atoms with Crippen molar-refractivity contribution in [1.82, 2.24) is 4.57 Å². The van der Waals surface area contributed by atoms with Crippen LogP contribution >= 0.6 is 0 Å². The molecule has 1 aromatic heterocycles. The molecular weight excluding hydrogens is 235 g/mol. The van der Waals surface area contributed by atoms with E-state index in [9.17, 15) is 9.18 Å². The fourth-order valence-corrected chi connectivity index (χ4v) is 1.99. The van der Waals surface area contributed by atoms with Crippen molar-refractivity contribution in [2.45, 2.75) is 13.5 Å². The van der Waals surface area contributed by atoms with Gasteiger partial charge in [0.05, 0.1) is 13.2 Å². The molecule has 2 N–H and O–H groups in total. The Labute approximate surface area is 104 Å². The molecule has 0 aliphatic heterocycles. The third kappa shape index (κ3) is 2.16. The molecule has 0 aliphatic rings. The molecule has 0 unspecified atom stereocenters. The quantitative estimate of drug-likeness (QED) is 0.669. The molecule has 0 fully saturated rings. The topological polar surface area (TPSA) is 57.2 Å². The summed E-state index contributed by atoms with van der Waals surface area (Å²) >= 11 is 0. The Balaban J connectivity index is 2.56. The van der Waals surface area contributed by atoms with Gasteiger partial charge in [0.25, 0.3) is 0 Å². The van der Waals surface area contributed by atoms with Gasteiger partial charge in [-0.3, -0.25) is 0 Å². The first-order valence-electron chi connectivity index (χ1n) is 5.79. The lowest BCUT2D eigenvalue weighted by atomic mass is 10.2. The van der Waals surface area contributed by atoms with Crippen molar-refractivity contribution in [2.24, 2.45) is 0 Å². The molecule has 2 rings (SSSR count). The summed E-state index contributed by atoms with van der Waals surface area (Å²) in [5.74, 6) is -0.444. The number of anilines is 1. The molecule has 0 amide bonds. The lowest BCUT2D eigenvalue weighted by Gasteiger charge is -2.07. The highest BCUT2D eigenvalue weighted by Gasteiger charge is 2.16. The Morgan fingerprint density at radius 1 is 1.44 bits per heavy atom. The number of esters is 1. The van der Waals surface area contributed by atoms with E-state index in [0.717, 1.165) is 10.9 Å². The minimum atomic E-state index is -0.541. The first-order valence-corrected chi connectivity index (χ1v) is 5.79. The monoisotopic (exact) mass is 250 g/mol. The standard InChI is InChI=1S/C13H15FN2O2/c1-2-18-13(17)12-8-9-7-10(15)3-4-11(9)16(12)6-5-14/h3-4,7-8H,2,5-6,15H2,1H3. The molecule has 0 radical (unpaired) electrons. The van der Waals surface area contributed by atoms with Crippen LogP contribution in [0.4, 0.5) is 10.1 Å². The Kier molecular flexibility index (Phi) is 3.50. The average molecular weight is 250 g/mol. The van der Waals surface area contributed by atoms with Crippen molar-refractivity contribution in [3.63, 3.8) is 0 Å². The number of aromatic nitrogens is 1. The van der Waals surface area contributed by atoms with Gasteiger partial charge >= 0.3 is 5.97 Å². The molecule has 1 aromatic carbocycles. The van der Waals surface area contributed by atoms with Gasteiger partial charge in [-0.2, -0.15) is 0 Å². The number of alkyl halides is 1. The van der Waals surface area contributed by atoms with Crippen LogP contribution in [0.5, 0.6) is 0 Å². The first kappa shape index (κ1) is 12.4. The highest BCUT2D eigenvalue weighted by atomic mass is 19.1. The van der Waals surface area contributed by atoms with Gasteiger partial charge in [0, 0.05) is 16.6 Å². The van der Waals surface area contributed by atoms with E-state index in [1.54, 1.807) is 35.8 Å². The second kappa shape index (κ2) is 5.08. The minimum absolute atomic E-state index is 0.127. The zero-order chi connectivity index (χ0) is 13.1. The van der Waals surface area contributed by atoms with Crippen LogP contribution in [0, 0.1) is 0 Å².